The Morgan fingerprint density at radius 1 is 1.23 bits per heavy atom. The van der Waals surface area contributed by atoms with E-state index in [0.29, 0.717) is 17.8 Å². The molecule has 31 heavy (non-hydrogen) atoms. The number of hydrogen-bond acceptors (Lipinski definition) is 3. The molecule has 1 fully saturated rings. The van der Waals surface area contributed by atoms with Gasteiger partial charge in [-0.2, -0.15) is 0 Å². The molecule has 0 saturated heterocycles. The van der Waals surface area contributed by atoms with Gasteiger partial charge in [-0.15, -0.1) is 0 Å². The van der Waals surface area contributed by atoms with Crippen molar-refractivity contribution < 1.29 is 13.9 Å². The summed E-state index contributed by atoms with van der Waals surface area (Å²) in [6.45, 7) is 20.5. The van der Waals surface area contributed by atoms with Gasteiger partial charge in [0.05, 0.1) is 7.11 Å². The van der Waals surface area contributed by atoms with E-state index in [-0.39, 0.29) is 5.04 Å². The van der Waals surface area contributed by atoms with Crippen LogP contribution in [0.15, 0.2) is 35.9 Å². The normalized spacial score (nSPS) is 30.3. The molecule has 2 aliphatic carbocycles. The SMILES string of the molecule is C=C(C)[C@@H]1C[C@H]2C3=C(O[C@](O[Si](C)(C)C(C)(C)C)(C1)[C@H]2C)c1ccc(OC)cc1CC3. The van der Waals surface area contributed by atoms with E-state index in [2.05, 4.69) is 72.5 Å². The Morgan fingerprint density at radius 2 is 1.94 bits per heavy atom. The molecular formula is C27H40O3Si. The van der Waals surface area contributed by atoms with Crippen LogP contribution in [0, 0.1) is 17.8 Å². The molecule has 0 unspecified atom stereocenters. The van der Waals surface area contributed by atoms with Crippen LogP contribution in [0.5, 0.6) is 5.75 Å². The summed E-state index contributed by atoms with van der Waals surface area (Å²) in [6, 6.07) is 6.42. The van der Waals surface area contributed by atoms with Gasteiger partial charge >= 0.3 is 0 Å². The van der Waals surface area contributed by atoms with E-state index in [4.69, 9.17) is 13.9 Å². The van der Waals surface area contributed by atoms with Crippen molar-refractivity contribution in [2.75, 3.05) is 7.11 Å². The van der Waals surface area contributed by atoms with Crippen LogP contribution < -0.4 is 4.74 Å². The van der Waals surface area contributed by atoms with Crippen LogP contribution in [0.3, 0.4) is 0 Å². The highest BCUT2D eigenvalue weighted by atomic mass is 28.4. The molecule has 0 aromatic heterocycles. The Bertz CT molecular complexity index is 923. The third-order valence-electron chi connectivity index (χ3n) is 8.53. The first-order chi connectivity index (χ1) is 14.4. The van der Waals surface area contributed by atoms with Gasteiger partial charge in [-0.25, -0.2) is 0 Å². The van der Waals surface area contributed by atoms with Gasteiger partial charge in [0, 0.05) is 17.9 Å². The Morgan fingerprint density at radius 3 is 2.55 bits per heavy atom. The van der Waals surface area contributed by atoms with Crippen LogP contribution in [0.4, 0.5) is 0 Å². The molecule has 3 nitrogen and oxygen atoms in total. The average molecular weight is 441 g/mol. The fraction of sp³-hybridized carbons (Fsp3) is 0.630. The van der Waals surface area contributed by atoms with Crippen molar-refractivity contribution in [3.63, 3.8) is 0 Å². The lowest BCUT2D eigenvalue weighted by atomic mass is 9.63. The molecule has 1 heterocycles. The van der Waals surface area contributed by atoms with Crippen molar-refractivity contribution >= 4 is 14.1 Å². The molecule has 3 aliphatic rings. The van der Waals surface area contributed by atoms with Crippen molar-refractivity contribution in [2.45, 2.75) is 84.2 Å². The predicted octanol–water partition coefficient (Wildman–Crippen LogP) is 7.34. The summed E-state index contributed by atoms with van der Waals surface area (Å²) in [7, 11) is -0.313. The largest absolute Gasteiger partial charge is 0.497 e. The molecular weight excluding hydrogens is 400 g/mol. The predicted molar refractivity (Wildman–Crippen MR) is 131 cm³/mol. The number of ether oxygens (including phenoxy) is 2. The maximum absolute atomic E-state index is 7.22. The number of fused-ring (bicyclic) bond motifs is 5. The van der Waals surface area contributed by atoms with Crippen molar-refractivity contribution in [3.8, 4) is 5.75 Å². The van der Waals surface area contributed by atoms with E-state index < -0.39 is 14.1 Å². The fourth-order valence-electron chi connectivity index (χ4n) is 5.45. The topological polar surface area (TPSA) is 27.7 Å². The summed E-state index contributed by atoms with van der Waals surface area (Å²) in [5.41, 5.74) is 5.31. The standard InChI is InChI=1S/C27H40O3Si/c1-17(2)20-15-24-18(3)27(16-20,30-31(8,9)26(4,5)6)29-25-22-13-11-21(28-7)14-19(22)10-12-23(24)25/h11,13-14,18,20,24H,1,10,12,15-16H2,2-9H3/t18-,20+,24+,27-/m0/s1. The molecule has 0 N–H and O–H groups in total. The van der Waals surface area contributed by atoms with Crippen molar-refractivity contribution in [2.24, 2.45) is 17.8 Å². The lowest BCUT2D eigenvalue weighted by Crippen LogP contribution is -2.60. The second kappa shape index (κ2) is 7.52. The fourth-order valence-corrected chi connectivity index (χ4v) is 6.93. The number of aryl methyl sites for hydroxylation is 1. The molecule has 170 valence electrons. The minimum Gasteiger partial charge on any atom is -0.497 e. The number of methoxy groups -OCH3 is 1. The quantitative estimate of drug-likeness (QED) is 0.362. The van der Waals surface area contributed by atoms with Crippen molar-refractivity contribution in [1.29, 1.82) is 0 Å². The number of benzene rings is 1. The van der Waals surface area contributed by atoms with Crippen molar-refractivity contribution in [3.05, 3.63) is 47.1 Å². The summed E-state index contributed by atoms with van der Waals surface area (Å²) < 4.78 is 19.8. The molecule has 4 atom stereocenters. The average Bonchev–Trinajstić information content (AvgIpc) is 2.67. The van der Waals surface area contributed by atoms with Crippen LogP contribution in [-0.4, -0.2) is 21.2 Å². The van der Waals surface area contributed by atoms with E-state index in [0.717, 1.165) is 37.2 Å². The van der Waals surface area contributed by atoms with Crippen LogP contribution >= 0.6 is 0 Å². The molecule has 1 aliphatic heterocycles. The van der Waals surface area contributed by atoms with Gasteiger partial charge in [0.15, 0.2) is 8.32 Å². The second-order valence-electron chi connectivity index (χ2n) is 11.5. The molecule has 4 rings (SSSR count). The highest BCUT2D eigenvalue weighted by Crippen LogP contribution is 2.58. The zero-order valence-electron chi connectivity index (χ0n) is 20.7. The van der Waals surface area contributed by atoms with Gasteiger partial charge in [-0.3, -0.25) is 0 Å². The minimum absolute atomic E-state index is 0.128. The first-order valence-corrected chi connectivity index (χ1v) is 14.7. The minimum atomic E-state index is -2.05. The maximum Gasteiger partial charge on any atom is 0.205 e. The molecule has 0 amide bonds. The Hall–Kier alpha value is -1.52. The highest BCUT2D eigenvalue weighted by Gasteiger charge is 2.58. The van der Waals surface area contributed by atoms with Crippen LogP contribution in [-0.2, 0) is 15.6 Å². The van der Waals surface area contributed by atoms with Crippen LogP contribution in [0.25, 0.3) is 5.76 Å². The van der Waals surface area contributed by atoms with Crippen molar-refractivity contribution in [1.82, 2.24) is 0 Å². The molecule has 1 aromatic carbocycles. The molecule has 4 heteroatoms. The Balaban J connectivity index is 1.83. The molecule has 1 saturated carbocycles. The molecule has 0 spiro atoms. The van der Waals surface area contributed by atoms with E-state index in [1.54, 1.807) is 7.11 Å². The summed E-state index contributed by atoms with van der Waals surface area (Å²) in [4.78, 5) is 0. The Labute approximate surface area is 190 Å². The summed E-state index contributed by atoms with van der Waals surface area (Å²) in [5.74, 6) is 2.70. The van der Waals surface area contributed by atoms with Crippen LogP contribution in [0.2, 0.25) is 18.1 Å². The monoisotopic (exact) mass is 440 g/mol. The van der Waals surface area contributed by atoms with Gasteiger partial charge in [0.2, 0.25) is 5.79 Å². The Kier molecular flexibility index (Phi) is 5.50. The number of hydrogen-bond donors (Lipinski definition) is 0. The third-order valence-corrected chi connectivity index (χ3v) is 13.0. The first kappa shape index (κ1) is 22.7. The first-order valence-electron chi connectivity index (χ1n) is 11.8. The number of allylic oxidation sites excluding steroid dienone is 2. The van der Waals surface area contributed by atoms with E-state index in [9.17, 15) is 0 Å². The zero-order valence-corrected chi connectivity index (χ0v) is 21.7. The van der Waals surface area contributed by atoms with E-state index >= 15 is 0 Å². The number of rotatable bonds is 4. The smallest absolute Gasteiger partial charge is 0.205 e. The van der Waals surface area contributed by atoms with E-state index in [1.165, 1.54) is 22.3 Å². The third kappa shape index (κ3) is 3.70. The van der Waals surface area contributed by atoms with Gasteiger partial charge in [-0.1, -0.05) is 39.8 Å². The van der Waals surface area contributed by atoms with Gasteiger partial charge in [0.1, 0.15) is 11.5 Å². The van der Waals surface area contributed by atoms with Gasteiger partial charge < -0.3 is 13.9 Å². The summed E-state index contributed by atoms with van der Waals surface area (Å²) in [5, 5.41) is 0.128. The summed E-state index contributed by atoms with van der Waals surface area (Å²) >= 11 is 0. The van der Waals surface area contributed by atoms with E-state index in [1.807, 2.05) is 0 Å². The second-order valence-corrected chi connectivity index (χ2v) is 16.3. The zero-order chi connectivity index (χ0) is 22.8. The van der Waals surface area contributed by atoms with Gasteiger partial charge in [0.25, 0.3) is 0 Å². The molecule has 0 radical (unpaired) electrons. The molecule has 2 bridgehead atoms. The van der Waals surface area contributed by atoms with Gasteiger partial charge in [-0.05, 0) is 85.5 Å². The maximum atomic E-state index is 7.22. The van der Waals surface area contributed by atoms with Crippen LogP contribution in [0.1, 0.15) is 65.0 Å². The molecule has 1 aromatic rings. The lowest BCUT2D eigenvalue weighted by molar-refractivity contribution is -0.224. The lowest BCUT2D eigenvalue weighted by Gasteiger charge is -2.57. The summed E-state index contributed by atoms with van der Waals surface area (Å²) in [6.07, 6.45) is 4.16. The highest BCUT2D eigenvalue weighted by molar-refractivity contribution is 6.74.